The number of aromatic carboxylic acids is 2. The maximum absolute atomic E-state index is 11.8. The number of sulfonamides is 1. The summed E-state index contributed by atoms with van der Waals surface area (Å²) in [5.74, 6) is -2.63. The zero-order valence-corrected chi connectivity index (χ0v) is 19.4. The molecule has 2 aromatic rings. The summed E-state index contributed by atoms with van der Waals surface area (Å²) >= 11 is 0. The third-order valence-corrected chi connectivity index (χ3v) is 7.12. The van der Waals surface area contributed by atoms with Crippen LogP contribution in [0.1, 0.15) is 27.6 Å². The van der Waals surface area contributed by atoms with Crippen molar-refractivity contribution in [2.45, 2.75) is 12.3 Å². The fourth-order valence-electron chi connectivity index (χ4n) is 3.20. The zero-order valence-electron chi connectivity index (χ0n) is 18.6. The molecule has 6 N–H and O–H groups in total. The molecule has 1 fully saturated rings. The number of aliphatic hydroxyl groups excluding tert-OH is 2. The van der Waals surface area contributed by atoms with Crippen molar-refractivity contribution in [2.75, 3.05) is 54.9 Å². The lowest BCUT2D eigenvalue weighted by Crippen LogP contribution is -2.34. The Balaban J connectivity index is 1.93. The number of carbonyl (C=O) groups is 2. The zero-order chi connectivity index (χ0) is 25.8. The van der Waals surface area contributed by atoms with E-state index < -0.39 is 27.3 Å². The summed E-state index contributed by atoms with van der Waals surface area (Å²) in [5, 5.41) is 42.1. The SMILES string of the molecule is CC1N(CCN(CCO)c2nc(NCCO)nc(Nc3cc(C(=O)O)cc(C(=O)O)c3)n2)S1(=O)=O. The average Bonchev–Trinajstić information content (AvgIpc) is 3.29. The van der Waals surface area contributed by atoms with Gasteiger partial charge in [0.2, 0.25) is 27.9 Å². The maximum Gasteiger partial charge on any atom is 0.335 e. The molecule has 1 saturated heterocycles. The minimum Gasteiger partial charge on any atom is -0.478 e. The molecule has 2 heterocycles. The smallest absolute Gasteiger partial charge is 0.335 e. The number of aliphatic hydroxyl groups is 2. The number of anilines is 4. The summed E-state index contributed by atoms with van der Waals surface area (Å²) in [4.78, 5) is 37.0. The first-order valence-corrected chi connectivity index (χ1v) is 11.9. The van der Waals surface area contributed by atoms with Crippen LogP contribution in [0.3, 0.4) is 0 Å². The van der Waals surface area contributed by atoms with Gasteiger partial charge in [-0.2, -0.15) is 19.3 Å². The number of benzene rings is 1. The highest BCUT2D eigenvalue weighted by atomic mass is 32.2. The fraction of sp³-hybridized carbons (Fsp3) is 0.421. The van der Waals surface area contributed by atoms with Gasteiger partial charge in [-0.1, -0.05) is 0 Å². The number of hydrogen-bond donors (Lipinski definition) is 6. The first-order chi connectivity index (χ1) is 16.6. The Hall–Kier alpha value is -3.60. The highest BCUT2D eigenvalue weighted by Crippen LogP contribution is 2.29. The predicted octanol–water partition coefficient (Wildman–Crippen LogP) is -0.794. The molecule has 0 saturated carbocycles. The van der Waals surface area contributed by atoms with Gasteiger partial charge in [0, 0.05) is 31.9 Å². The second-order valence-corrected chi connectivity index (χ2v) is 9.61. The summed E-state index contributed by atoms with van der Waals surface area (Å²) in [6, 6.07) is 3.42. The summed E-state index contributed by atoms with van der Waals surface area (Å²) in [6.45, 7) is 1.53. The lowest BCUT2D eigenvalue weighted by Gasteiger charge is -2.22. The molecule has 190 valence electrons. The van der Waals surface area contributed by atoms with E-state index in [1.807, 2.05) is 0 Å². The minimum atomic E-state index is -3.28. The molecular weight excluding hydrogens is 486 g/mol. The Morgan fingerprint density at radius 1 is 1.00 bits per heavy atom. The number of aromatic nitrogens is 3. The van der Waals surface area contributed by atoms with Crippen molar-refractivity contribution in [3.05, 3.63) is 29.3 Å². The van der Waals surface area contributed by atoms with Gasteiger partial charge < -0.3 is 36.0 Å². The molecule has 1 aliphatic rings. The predicted molar refractivity (Wildman–Crippen MR) is 123 cm³/mol. The van der Waals surface area contributed by atoms with Crippen molar-refractivity contribution >= 4 is 45.5 Å². The van der Waals surface area contributed by atoms with Crippen LogP contribution in [0.25, 0.3) is 0 Å². The van der Waals surface area contributed by atoms with Crippen molar-refractivity contribution < 1.29 is 38.4 Å². The molecule has 0 bridgehead atoms. The van der Waals surface area contributed by atoms with E-state index in [1.54, 1.807) is 6.92 Å². The van der Waals surface area contributed by atoms with Gasteiger partial charge in [-0.05, 0) is 25.1 Å². The summed E-state index contributed by atoms with van der Waals surface area (Å²) in [7, 11) is -3.28. The highest BCUT2D eigenvalue weighted by molar-refractivity contribution is 7.95. The Bertz CT molecular complexity index is 1180. The van der Waals surface area contributed by atoms with Crippen LogP contribution < -0.4 is 15.5 Å². The van der Waals surface area contributed by atoms with Crippen molar-refractivity contribution in [1.82, 2.24) is 19.3 Å². The molecule has 0 aliphatic carbocycles. The molecular formula is C19H25N7O8S. The molecule has 15 nitrogen and oxygen atoms in total. The number of rotatable bonds is 13. The molecule has 1 aromatic heterocycles. The first-order valence-electron chi connectivity index (χ1n) is 10.4. The summed E-state index contributed by atoms with van der Waals surface area (Å²) in [6.07, 6.45) is 0. The van der Waals surface area contributed by atoms with Crippen LogP contribution in [0.5, 0.6) is 0 Å². The molecule has 2 unspecified atom stereocenters. The van der Waals surface area contributed by atoms with E-state index in [4.69, 9.17) is 5.11 Å². The van der Waals surface area contributed by atoms with Crippen molar-refractivity contribution in [3.63, 3.8) is 0 Å². The third-order valence-electron chi connectivity index (χ3n) is 5.06. The quantitative estimate of drug-likeness (QED) is 0.182. The van der Waals surface area contributed by atoms with Gasteiger partial charge in [-0.3, -0.25) is 0 Å². The Morgan fingerprint density at radius 2 is 1.60 bits per heavy atom. The van der Waals surface area contributed by atoms with Crippen molar-refractivity contribution in [3.8, 4) is 0 Å². The van der Waals surface area contributed by atoms with Gasteiger partial charge in [0.05, 0.1) is 24.3 Å². The molecule has 0 amide bonds. The van der Waals surface area contributed by atoms with Crippen LogP contribution in [-0.4, -0.2) is 105 Å². The average molecular weight is 512 g/mol. The largest absolute Gasteiger partial charge is 0.478 e. The number of carboxylic acids is 2. The van der Waals surface area contributed by atoms with Crippen LogP contribution in [0.15, 0.2) is 18.2 Å². The van der Waals surface area contributed by atoms with Crippen molar-refractivity contribution in [2.24, 2.45) is 0 Å². The normalized spacial score (nSPS) is 18.0. The monoisotopic (exact) mass is 511 g/mol. The fourth-order valence-corrected chi connectivity index (χ4v) is 4.55. The summed E-state index contributed by atoms with van der Waals surface area (Å²) in [5.41, 5.74) is -0.447. The van der Waals surface area contributed by atoms with Crippen molar-refractivity contribution in [1.29, 1.82) is 0 Å². The van der Waals surface area contributed by atoms with E-state index in [0.717, 1.165) is 6.07 Å². The van der Waals surface area contributed by atoms with Gasteiger partial charge in [0.15, 0.2) is 0 Å². The number of nitrogens with zero attached hydrogens (tertiary/aromatic N) is 5. The molecule has 1 aromatic carbocycles. The molecule has 0 radical (unpaired) electrons. The van der Waals surface area contributed by atoms with E-state index in [1.165, 1.54) is 21.3 Å². The summed E-state index contributed by atoms with van der Waals surface area (Å²) < 4.78 is 24.8. The molecule has 2 atom stereocenters. The van der Waals surface area contributed by atoms with E-state index >= 15 is 0 Å². The highest BCUT2D eigenvalue weighted by Gasteiger charge is 2.50. The Labute approximate surface area is 200 Å². The molecule has 16 heteroatoms. The van der Waals surface area contributed by atoms with Crippen LogP contribution >= 0.6 is 0 Å². The van der Waals surface area contributed by atoms with E-state index in [2.05, 4.69) is 25.6 Å². The third kappa shape index (κ3) is 6.30. The number of carboxylic acid groups (broad SMARTS) is 2. The van der Waals surface area contributed by atoms with Gasteiger partial charge in [0.1, 0.15) is 5.37 Å². The first kappa shape index (κ1) is 26.0. The Morgan fingerprint density at radius 3 is 2.11 bits per heavy atom. The van der Waals surface area contributed by atoms with Crippen LogP contribution in [-0.2, 0) is 10.0 Å². The second-order valence-electron chi connectivity index (χ2n) is 7.43. The minimum absolute atomic E-state index is 0.0371. The molecule has 3 rings (SSSR count). The topological polar surface area (TPSA) is 218 Å². The molecule has 35 heavy (non-hydrogen) atoms. The standard InChI is InChI=1S/C19H25N7O8S/c1-11-26(35(11,33)34)4-3-25(5-7-28)19-23-17(20-2-6-27)22-18(24-19)21-14-9-12(15(29)30)8-13(10-14)16(31)32/h8-11,27-28H,2-7H2,1H3,(H,29,30)(H,31,32)(H2,20,21,22,23,24). The van der Waals surface area contributed by atoms with Gasteiger partial charge in [-0.25, -0.2) is 18.0 Å². The lowest BCUT2D eigenvalue weighted by molar-refractivity contribution is 0.0696. The molecule has 1 aliphatic heterocycles. The van der Waals surface area contributed by atoms with E-state index in [0.29, 0.717) is 0 Å². The van der Waals surface area contributed by atoms with Crippen LogP contribution in [0.2, 0.25) is 0 Å². The maximum atomic E-state index is 11.8. The lowest BCUT2D eigenvalue weighted by atomic mass is 10.1. The number of hydrogen-bond acceptors (Lipinski definition) is 12. The van der Waals surface area contributed by atoms with E-state index in [-0.39, 0.29) is 74.1 Å². The van der Waals surface area contributed by atoms with Gasteiger partial charge >= 0.3 is 11.9 Å². The molecule has 0 spiro atoms. The van der Waals surface area contributed by atoms with Crippen LogP contribution in [0, 0.1) is 0 Å². The number of nitrogens with one attached hydrogen (secondary N) is 2. The second kappa shape index (κ2) is 10.8. The van der Waals surface area contributed by atoms with Gasteiger partial charge in [0.25, 0.3) is 0 Å². The van der Waals surface area contributed by atoms with Crippen LogP contribution in [0.4, 0.5) is 23.5 Å². The van der Waals surface area contributed by atoms with Gasteiger partial charge in [-0.15, -0.1) is 0 Å². The Kier molecular flexibility index (Phi) is 8.00. The van der Waals surface area contributed by atoms with E-state index in [9.17, 15) is 33.3 Å².